The van der Waals surface area contributed by atoms with Gasteiger partial charge in [-0.2, -0.15) is 0 Å². The van der Waals surface area contributed by atoms with E-state index in [4.69, 9.17) is 0 Å². The molecule has 84 valence electrons. The Hall–Kier alpha value is -1.77. The lowest BCUT2D eigenvalue weighted by molar-refractivity contribution is 0.771. The van der Waals surface area contributed by atoms with Crippen LogP contribution in [0.4, 0.5) is 11.6 Å². The van der Waals surface area contributed by atoms with E-state index < -0.39 is 0 Å². The third kappa shape index (κ3) is 2.08. The second kappa shape index (κ2) is 4.39. The van der Waals surface area contributed by atoms with Gasteiger partial charge in [-0.1, -0.05) is 12.1 Å². The number of hydrogen-bond acceptors (Lipinski definition) is 2. The third-order valence-electron chi connectivity index (χ3n) is 2.70. The number of anilines is 2. The van der Waals surface area contributed by atoms with Gasteiger partial charge in [0.2, 0.25) is 5.95 Å². The van der Waals surface area contributed by atoms with E-state index in [9.17, 15) is 0 Å². The highest BCUT2D eigenvalue weighted by molar-refractivity contribution is 5.59. The standard InChI is InChI=1S/C13H17N3/c1-4-16-8-7-14-13(16)15-12-9-10(2)5-6-11(12)3/h5-9H,4H2,1-3H3,(H,14,15). The zero-order valence-electron chi connectivity index (χ0n) is 9.99. The molecule has 0 radical (unpaired) electrons. The summed E-state index contributed by atoms with van der Waals surface area (Å²) in [5.41, 5.74) is 3.61. The van der Waals surface area contributed by atoms with Crippen molar-refractivity contribution in [2.45, 2.75) is 27.3 Å². The van der Waals surface area contributed by atoms with Crippen LogP contribution >= 0.6 is 0 Å². The lowest BCUT2D eigenvalue weighted by Gasteiger charge is -2.11. The van der Waals surface area contributed by atoms with Crippen LogP contribution in [-0.4, -0.2) is 9.55 Å². The van der Waals surface area contributed by atoms with Crippen molar-refractivity contribution in [3.05, 3.63) is 41.7 Å². The van der Waals surface area contributed by atoms with E-state index in [2.05, 4.69) is 53.8 Å². The first kappa shape index (κ1) is 10.7. The molecular formula is C13H17N3. The Balaban J connectivity index is 2.30. The maximum atomic E-state index is 4.30. The van der Waals surface area contributed by atoms with Crippen molar-refractivity contribution in [3.8, 4) is 0 Å². The number of nitrogens with one attached hydrogen (secondary N) is 1. The molecule has 0 atom stereocenters. The molecule has 0 bridgehead atoms. The normalized spacial score (nSPS) is 10.4. The summed E-state index contributed by atoms with van der Waals surface area (Å²) in [5.74, 6) is 0.899. The highest BCUT2D eigenvalue weighted by atomic mass is 15.2. The van der Waals surface area contributed by atoms with E-state index in [1.54, 1.807) is 0 Å². The first-order valence-corrected chi connectivity index (χ1v) is 5.56. The second-order valence-corrected chi connectivity index (χ2v) is 3.98. The van der Waals surface area contributed by atoms with Crippen LogP contribution in [0.25, 0.3) is 0 Å². The Morgan fingerprint density at radius 2 is 2.12 bits per heavy atom. The molecule has 0 aliphatic rings. The molecule has 0 amide bonds. The topological polar surface area (TPSA) is 29.9 Å². The van der Waals surface area contributed by atoms with Gasteiger partial charge < -0.3 is 9.88 Å². The smallest absolute Gasteiger partial charge is 0.207 e. The Labute approximate surface area is 96.1 Å². The zero-order chi connectivity index (χ0) is 11.5. The summed E-state index contributed by atoms with van der Waals surface area (Å²) >= 11 is 0. The highest BCUT2D eigenvalue weighted by Crippen LogP contribution is 2.20. The summed E-state index contributed by atoms with van der Waals surface area (Å²) in [5, 5.41) is 3.36. The molecule has 2 rings (SSSR count). The molecule has 0 saturated heterocycles. The maximum absolute atomic E-state index is 4.30. The van der Waals surface area contributed by atoms with Gasteiger partial charge >= 0.3 is 0 Å². The quantitative estimate of drug-likeness (QED) is 0.851. The molecule has 1 N–H and O–H groups in total. The molecule has 1 aromatic carbocycles. The zero-order valence-corrected chi connectivity index (χ0v) is 9.99. The Morgan fingerprint density at radius 3 is 2.88 bits per heavy atom. The van der Waals surface area contributed by atoms with E-state index in [1.165, 1.54) is 11.1 Å². The van der Waals surface area contributed by atoms with E-state index >= 15 is 0 Å². The Bertz CT molecular complexity index is 486. The molecule has 2 aromatic rings. The molecule has 0 fully saturated rings. The van der Waals surface area contributed by atoms with Crippen LogP contribution in [0.15, 0.2) is 30.6 Å². The van der Waals surface area contributed by atoms with Crippen molar-refractivity contribution >= 4 is 11.6 Å². The van der Waals surface area contributed by atoms with Gasteiger partial charge in [0.15, 0.2) is 0 Å². The number of aromatic nitrogens is 2. The van der Waals surface area contributed by atoms with Crippen LogP contribution in [0.3, 0.4) is 0 Å². The summed E-state index contributed by atoms with van der Waals surface area (Å²) in [6.45, 7) is 7.22. The highest BCUT2D eigenvalue weighted by Gasteiger charge is 2.03. The first-order valence-electron chi connectivity index (χ1n) is 5.56. The molecule has 16 heavy (non-hydrogen) atoms. The number of aryl methyl sites for hydroxylation is 3. The number of imidazole rings is 1. The SMILES string of the molecule is CCn1ccnc1Nc1cc(C)ccc1C. The largest absolute Gasteiger partial charge is 0.325 e. The number of hydrogen-bond donors (Lipinski definition) is 1. The fraction of sp³-hybridized carbons (Fsp3) is 0.308. The van der Waals surface area contributed by atoms with Crippen molar-refractivity contribution < 1.29 is 0 Å². The van der Waals surface area contributed by atoms with Gasteiger partial charge in [-0.05, 0) is 38.0 Å². The first-order chi connectivity index (χ1) is 7.70. The summed E-state index contributed by atoms with van der Waals surface area (Å²) < 4.78 is 2.09. The van der Waals surface area contributed by atoms with Gasteiger partial charge in [0.1, 0.15) is 0 Å². The molecule has 0 aliphatic carbocycles. The van der Waals surface area contributed by atoms with Crippen molar-refractivity contribution in [2.75, 3.05) is 5.32 Å². The summed E-state index contributed by atoms with van der Waals surface area (Å²) in [6.07, 6.45) is 3.80. The van der Waals surface area contributed by atoms with Gasteiger partial charge in [-0.3, -0.25) is 0 Å². The minimum Gasteiger partial charge on any atom is -0.325 e. The molecule has 3 heteroatoms. The van der Waals surface area contributed by atoms with Crippen molar-refractivity contribution in [1.82, 2.24) is 9.55 Å². The molecule has 0 saturated carbocycles. The van der Waals surface area contributed by atoms with Crippen LogP contribution in [0, 0.1) is 13.8 Å². The van der Waals surface area contributed by atoms with Crippen LogP contribution in [0.2, 0.25) is 0 Å². The lowest BCUT2D eigenvalue weighted by Crippen LogP contribution is -2.02. The summed E-state index contributed by atoms with van der Waals surface area (Å²) in [7, 11) is 0. The van der Waals surface area contributed by atoms with E-state index in [-0.39, 0.29) is 0 Å². The third-order valence-corrected chi connectivity index (χ3v) is 2.70. The van der Waals surface area contributed by atoms with Crippen molar-refractivity contribution in [1.29, 1.82) is 0 Å². The van der Waals surface area contributed by atoms with Crippen LogP contribution in [0.1, 0.15) is 18.1 Å². The molecule has 3 nitrogen and oxygen atoms in total. The minimum atomic E-state index is 0.899. The summed E-state index contributed by atoms with van der Waals surface area (Å²) in [4.78, 5) is 4.30. The number of rotatable bonds is 3. The van der Waals surface area contributed by atoms with Crippen LogP contribution in [0.5, 0.6) is 0 Å². The molecule has 1 heterocycles. The second-order valence-electron chi connectivity index (χ2n) is 3.98. The molecule has 0 spiro atoms. The average molecular weight is 215 g/mol. The lowest BCUT2D eigenvalue weighted by atomic mass is 10.1. The maximum Gasteiger partial charge on any atom is 0.207 e. The summed E-state index contributed by atoms with van der Waals surface area (Å²) in [6, 6.07) is 6.38. The fourth-order valence-electron chi connectivity index (χ4n) is 1.68. The van der Waals surface area contributed by atoms with Gasteiger partial charge in [0.25, 0.3) is 0 Å². The predicted octanol–water partition coefficient (Wildman–Crippen LogP) is 3.26. The van der Waals surface area contributed by atoms with E-state index in [1.807, 2.05) is 12.4 Å². The predicted molar refractivity (Wildman–Crippen MR) is 67.1 cm³/mol. The number of nitrogens with zero attached hydrogens (tertiary/aromatic N) is 2. The molecular weight excluding hydrogens is 198 g/mol. The monoisotopic (exact) mass is 215 g/mol. The Morgan fingerprint density at radius 1 is 1.31 bits per heavy atom. The minimum absolute atomic E-state index is 0.899. The van der Waals surface area contributed by atoms with Crippen LogP contribution in [-0.2, 0) is 6.54 Å². The van der Waals surface area contributed by atoms with Crippen molar-refractivity contribution in [2.24, 2.45) is 0 Å². The number of benzene rings is 1. The molecule has 0 unspecified atom stereocenters. The van der Waals surface area contributed by atoms with E-state index in [0.717, 1.165) is 18.2 Å². The van der Waals surface area contributed by atoms with Gasteiger partial charge in [-0.15, -0.1) is 0 Å². The van der Waals surface area contributed by atoms with Gasteiger partial charge in [0, 0.05) is 24.6 Å². The van der Waals surface area contributed by atoms with Gasteiger partial charge in [-0.25, -0.2) is 4.98 Å². The fourth-order valence-corrected chi connectivity index (χ4v) is 1.68. The van der Waals surface area contributed by atoms with Crippen molar-refractivity contribution in [3.63, 3.8) is 0 Å². The molecule has 1 aromatic heterocycles. The Kier molecular flexibility index (Phi) is 2.95. The van der Waals surface area contributed by atoms with E-state index in [0.29, 0.717) is 0 Å². The molecule has 0 aliphatic heterocycles. The van der Waals surface area contributed by atoms with Crippen LogP contribution < -0.4 is 5.32 Å². The average Bonchev–Trinajstić information content (AvgIpc) is 2.71. The van der Waals surface area contributed by atoms with Gasteiger partial charge in [0.05, 0.1) is 0 Å².